The van der Waals surface area contributed by atoms with Gasteiger partial charge in [-0.3, -0.25) is 9.59 Å². The van der Waals surface area contributed by atoms with Gasteiger partial charge in [0.1, 0.15) is 23.3 Å². The zero-order valence-corrected chi connectivity index (χ0v) is 15.0. The van der Waals surface area contributed by atoms with Gasteiger partial charge in [-0.1, -0.05) is 29.5 Å². The quantitative estimate of drug-likeness (QED) is 0.657. The van der Waals surface area contributed by atoms with Gasteiger partial charge in [-0.2, -0.15) is 0 Å². The number of nitrogens with zero attached hydrogens (tertiary/aromatic N) is 3. The van der Waals surface area contributed by atoms with Gasteiger partial charge in [0.2, 0.25) is 11.6 Å². The van der Waals surface area contributed by atoms with Crippen LogP contribution in [0.3, 0.4) is 0 Å². The molecule has 1 atom stereocenters. The molecule has 0 fully saturated rings. The molecule has 2 aliphatic rings. The average Bonchev–Trinajstić information content (AvgIpc) is 3.40. The van der Waals surface area contributed by atoms with E-state index in [4.69, 9.17) is 9.47 Å². The van der Waals surface area contributed by atoms with E-state index in [0.717, 1.165) is 11.4 Å². The zero-order chi connectivity index (χ0) is 19.3. The van der Waals surface area contributed by atoms with Crippen molar-refractivity contribution in [1.29, 1.82) is 0 Å². The van der Waals surface area contributed by atoms with Crippen molar-refractivity contribution in [2.45, 2.75) is 12.5 Å². The van der Waals surface area contributed by atoms with E-state index in [-0.39, 0.29) is 0 Å². The molecule has 0 N–H and O–H groups in total. The topological polar surface area (TPSA) is 83.3 Å². The van der Waals surface area contributed by atoms with Crippen LogP contribution in [0, 0.1) is 0 Å². The maximum Gasteiger partial charge on any atom is 0.234 e. The van der Waals surface area contributed by atoms with E-state index in [1.807, 2.05) is 30.3 Å². The van der Waals surface area contributed by atoms with Crippen molar-refractivity contribution in [3.05, 3.63) is 77.1 Å². The van der Waals surface area contributed by atoms with Gasteiger partial charge in [-0.25, -0.2) is 4.68 Å². The first-order valence-electron chi connectivity index (χ1n) is 8.80. The van der Waals surface area contributed by atoms with E-state index in [1.165, 1.54) is 0 Å². The van der Waals surface area contributed by atoms with E-state index in [0.29, 0.717) is 34.6 Å². The molecule has 1 aliphatic carbocycles. The molecule has 0 saturated heterocycles. The highest BCUT2D eigenvalue weighted by molar-refractivity contribution is 6.52. The van der Waals surface area contributed by atoms with E-state index >= 15 is 0 Å². The standard InChI is InChI=1S/C21H15N3O4/c1-27-13-8-6-12(7-9-13)24-11-17(22-23-24)18-10-16-20(26)19(25)14-4-2-3-5-15(14)21(16)28-18/h2-9,11,18H,10H2,1H3. The Morgan fingerprint density at radius 2 is 1.79 bits per heavy atom. The van der Waals surface area contributed by atoms with Crippen molar-refractivity contribution in [3.63, 3.8) is 0 Å². The highest BCUT2D eigenvalue weighted by atomic mass is 16.5. The molecule has 1 aromatic heterocycles. The second-order valence-electron chi connectivity index (χ2n) is 6.61. The zero-order valence-electron chi connectivity index (χ0n) is 15.0. The molecule has 3 aromatic rings. The predicted molar refractivity (Wildman–Crippen MR) is 99.1 cm³/mol. The molecule has 2 heterocycles. The van der Waals surface area contributed by atoms with E-state index in [1.54, 1.807) is 36.2 Å². The van der Waals surface area contributed by atoms with Crippen LogP contribution in [0.5, 0.6) is 5.75 Å². The van der Waals surface area contributed by atoms with Crippen molar-refractivity contribution in [2.75, 3.05) is 7.11 Å². The van der Waals surface area contributed by atoms with Gasteiger partial charge in [0.25, 0.3) is 0 Å². The number of rotatable bonds is 3. The number of fused-ring (bicyclic) bond motifs is 2. The third-order valence-electron chi connectivity index (χ3n) is 5.00. The van der Waals surface area contributed by atoms with Crippen molar-refractivity contribution in [3.8, 4) is 11.4 Å². The molecule has 2 aromatic carbocycles. The lowest BCUT2D eigenvalue weighted by molar-refractivity contribution is -0.112. The highest BCUT2D eigenvalue weighted by Crippen LogP contribution is 2.44. The van der Waals surface area contributed by atoms with Gasteiger partial charge in [0, 0.05) is 17.5 Å². The summed E-state index contributed by atoms with van der Waals surface area (Å²) < 4.78 is 12.9. The molecular formula is C21H15N3O4. The van der Waals surface area contributed by atoms with E-state index < -0.39 is 17.7 Å². The monoisotopic (exact) mass is 373 g/mol. The average molecular weight is 373 g/mol. The molecule has 0 spiro atoms. The Morgan fingerprint density at radius 3 is 2.54 bits per heavy atom. The highest BCUT2D eigenvalue weighted by Gasteiger charge is 2.41. The first-order chi connectivity index (χ1) is 13.7. The second kappa shape index (κ2) is 6.16. The number of ketones is 2. The summed E-state index contributed by atoms with van der Waals surface area (Å²) >= 11 is 0. The van der Waals surface area contributed by atoms with E-state index in [9.17, 15) is 9.59 Å². The van der Waals surface area contributed by atoms with Crippen LogP contribution in [0.1, 0.15) is 34.1 Å². The Morgan fingerprint density at radius 1 is 1.04 bits per heavy atom. The lowest BCUT2D eigenvalue weighted by atomic mass is 9.87. The molecule has 7 nitrogen and oxygen atoms in total. The van der Waals surface area contributed by atoms with Crippen molar-refractivity contribution in [1.82, 2.24) is 15.0 Å². The first-order valence-corrected chi connectivity index (χ1v) is 8.80. The summed E-state index contributed by atoms with van der Waals surface area (Å²) in [5, 5.41) is 8.37. The maximum absolute atomic E-state index is 12.5. The molecule has 0 bridgehead atoms. The van der Waals surface area contributed by atoms with Crippen LogP contribution in [0.4, 0.5) is 0 Å². The molecular weight excluding hydrogens is 358 g/mol. The fraction of sp³-hybridized carbons (Fsp3) is 0.143. The van der Waals surface area contributed by atoms with E-state index in [2.05, 4.69) is 10.3 Å². The third kappa shape index (κ3) is 2.44. The largest absolute Gasteiger partial charge is 0.497 e. The number of carbonyl (C=O) groups is 2. The molecule has 0 saturated carbocycles. The van der Waals surface area contributed by atoms with Gasteiger partial charge < -0.3 is 9.47 Å². The van der Waals surface area contributed by atoms with Gasteiger partial charge in [0.15, 0.2) is 0 Å². The normalized spacial score (nSPS) is 18.0. The fourth-order valence-corrected chi connectivity index (χ4v) is 3.54. The minimum absolute atomic E-state index is 0.301. The van der Waals surface area contributed by atoms with Crippen molar-refractivity contribution < 1.29 is 19.1 Å². The fourth-order valence-electron chi connectivity index (χ4n) is 3.54. The number of methoxy groups -OCH3 is 1. The third-order valence-corrected chi connectivity index (χ3v) is 5.00. The summed E-state index contributed by atoms with van der Waals surface area (Å²) in [5.41, 5.74) is 2.88. The number of aromatic nitrogens is 3. The Hall–Kier alpha value is -3.74. The minimum atomic E-state index is -0.501. The Bertz CT molecular complexity index is 1140. The van der Waals surface area contributed by atoms with Gasteiger partial charge in [0.05, 0.1) is 24.6 Å². The second-order valence-corrected chi connectivity index (χ2v) is 6.61. The number of Topliss-reactive ketones (excluding diaryl/α,β-unsaturated/α-hetero) is 2. The summed E-state index contributed by atoms with van der Waals surface area (Å²) in [6, 6.07) is 14.4. The Kier molecular flexibility index (Phi) is 3.61. The number of benzene rings is 2. The maximum atomic E-state index is 12.5. The van der Waals surface area contributed by atoms with Gasteiger partial charge in [-0.15, -0.1) is 5.10 Å². The van der Waals surface area contributed by atoms with Crippen LogP contribution in [-0.4, -0.2) is 33.7 Å². The molecule has 0 radical (unpaired) electrons. The number of ether oxygens (including phenoxy) is 2. The molecule has 28 heavy (non-hydrogen) atoms. The molecule has 5 rings (SSSR count). The summed E-state index contributed by atoms with van der Waals surface area (Å²) in [4.78, 5) is 24.9. The van der Waals surface area contributed by atoms with Crippen molar-refractivity contribution >= 4 is 17.3 Å². The van der Waals surface area contributed by atoms with Crippen LogP contribution in [0.25, 0.3) is 11.4 Å². The van der Waals surface area contributed by atoms with Gasteiger partial charge >= 0.3 is 0 Å². The molecule has 1 unspecified atom stereocenters. The molecule has 1 aliphatic heterocycles. The SMILES string of the molecule is COc1ccc(-n2cc(C3CC4=C(O3)c3ccccc3C(=O)C4=O)nn2)cc1. The summed E-state index contributed by atoms with van der Waals surface area (Å²) in [7, 11) is 1.61. The van der Waals surface area contributed by atoms with Crippen molar-refractivity contribution in [2.24, 2.45) is 0 Å². The molecule has 0 amide bonds. The lowest BCUT2D eigenvalue weighted by Gasteiger charge is -2.15. The number of carbonyl (C=O) groups excluding carboxylic acids is 2. The number of hydrogen-bond donors (Lipinski definition) is 0. The number of hydrogen-bond acceptors (Lipinski definition) is 6. The Balaban J connectivity index is 1.44. The smallest absolute Gasteiger partial charge is 0.234 e. The predicted octanol–water partition coefficient (Wildman–Crippen LogP) is 2.91. The van der Waals surface area contributed by atoms with Gasteiger partial charge in [-0.05, 0) is 24.3 Å². The molecule has 138 valence electrons. The van der Waals surface area contributed by atoms with Crippen LogP contribution in [-0.2, 0) is 9.53 Å². The molecule has 7 heteroatoms. The summed E-state index contributed by atoms with van der Waals surface area (Å²) in [5.74, 6) is 0.241. The van der Waals surface area contributed by atoms with Crippen LogP contribution in [0.15, 0.2) is 60.3 Å². The Labute approximate surface area is 160 Å². The minimum Gasteiger partial charge on any atom is -0.497 e. The summed E-state index contributed by atoms with van der Waals surface area (Å²) in [6.07, 6.45) is 1.61. The lowest BCUT2D eigenvalue weighted by Crippen LogP contribution is -2.22. The van der Waals surface area contributed by atoms with Crippen LogP contribution in [0.2, 0.25) is 0 Å². The van der Waals surface area contributed by atoms with Crippen LogP contribution >= 0.6 is 0 Å². The first kappa shape index (κ1) is 16.4. The summed E-state index contributed by atoms with van der Waals surface area (Å²) in [6.45, 7) is 0. The van der Waals surface area contributed by atoms with Crippen LogP contribution < -0.4 is 4.74 Å².